The second-order valence-corrected chi connectivity index (χ2v) is 13.8. The molecule has 3 aliphatic heterocycles. The minimum Gasteiger partial charge on any atom is -0.312 e. The number of rotatable bonds is 8. The molecular formula is C28H42FN5O2S. The molecule has 3 aliphatic rings. The summed E-state index contributed by atoms with van der Waals surface area (Å²) in [5.41, 5.74) is 1.06. The van der Waals surface area contributed by atoms with Gasteiger partial charge in [0.2, 0.25) is 10.0 Å². The van der Waals surface area contributed by atoms with Crippen molar-refractivity contribution in [2.45, 2.75) is 95.7 Å². The molecule has 204 valence electrons. The second kappa shape index (κ2) is 10.7. The number of hydrogen-bond donors (Lipinski definition) is 0. The summed E-state index contributed by atoms with van der Waals surface area (Å²) in [5.74, 6) is 2.89. The van der Waals surface area contributed by atoms with Gasteiger partial charge in [0.1, 0.15) is 17.5 Å². The third-order valence-corrected chi connectivity index (χ3v) is 10.4. The molecule has 3 atom stereocenters. The predicted octanol–water partition coefficient (Wildman–Crippen LogP) is 4.86. The van der Waals surface area contributed by atoms with Crippen molar-refractivity contribution >= 4 is 10.0 Å². The Morgan fingerprint density at radius 2 is 1.70 bits per heavy atom. The smallest absolute Gasteiger partial charge is 0.211 e. The van der Waals surface area contributed by atoms with E-state index in [-0.39, 0.29) is 11.7 Å². The molecule has 2 unspecified atom stereocenters. The van der Waals surface area contributed by atoms with Crippen LogP contribution in [0.3, 0.4) is 0 Å². The summed E-state index contributed by atoms with van der Waals surface area (Å²) in [7, 11) is -3.16. The lowest BCUT2D eigenvalue weighted by atomic mass is 9.78. The molecule has 0 spiro atoms. The van der Waals surface area contributed by atoms with Gasteiger partial charge >= 0.3 is 0 Å². The minimum atomic E-state index is -3.16. The van der Waals surface area contributed by atoms with E-state index in [1.807, 2.05) is 6.07 Å². The third kappa shape index (κ3) is 5.64. The molecule has 2 bridgehead atoms. The summed E-state index contributed by atoms with van der Waals surface area (Å²) in [6.45, 7) is 8.58. The first-order valence-electron chi connectivity index (χ1n) is 14.0. The third-order valence-electron chi connectivity index (χ3n) is 9.15. The van der Waals surface area contributed by atoms with E-state index in [0.29, 0.717) is 43.1 Å². The van der Waals surface area contributed by atoms with Crippen molar-refractivity contribution in [2.75, 3.05) is 25.9 Å². The first-order valence-corrected chi connectivity index (χ1v) is 15.8. The number of aromatic nitrogens is 3. The van der Waals surface area contributed by atoms with Crippen molar-refractivity contribution in [3.05, 3.63) is 47.3 Å². The van der Waals surface area contributed by atoms with Gasteiger partial charge in [-0.15, -0.1) is 10.2 Å². The molecule has 3 fully saturated rings. The van der Waals surface area contributed by atoms with Gasteiger partial charge in [-0.25, -0.2) is 17.1 Å². The van der Waals surface area contributed by atoms with E-state index in [0.717, 1.165) is 55.9 Å². The van der Waals surface area contributed by atoms with Crippen molar-refractivity contribution in [1.82, 2.24) is 24.0 Å². The lowest BCUT2D eigenvalue weighted by Crippen LogP contribution is -2.45. The molecule has 0 N–H and O–H groups in total. The number of nitrogens with zero attached hydrogens (tertiary/aromatic N) is 5. The van der Waals surface area contributed by atoms with Gasteiger partial charge in [0.25, 0.3) is 0 Å². The van der Waals surface area contributed by atoms with E-state index in [9.17, 15) is 12.8 Å². The minimum absolute atomic E-state index is 0.192. The largest absolute Gasteiger partial charge is 0.312 e. The van der Waals surface area contributed by atoms with Gasteiger partial charge < -0.3 is 4.57 Å². The number of halogens is 1. The lowest BCUT2D eigenvalue weighted by Gasteiger charge is -2.42. The average Bonchev–Trinajstić information content (AvgIpc) is 3.34. The molecule has 0 aliphatic carbocycles. The van der Waals surface area contributed by atoms with Crippen molar-refractivity contribution in [3.63, 3.8) is 0 Å². The van der Waals surface area contributed by atoms with E-state index >= 15 is 0 Å². The van der Waals surface area contributed by atoms with Gasteiger partial charge in [0, 0.05) is 37.1 Å². The number of aryl methyl sites for hydroxylation is 1. The Bertz CT molecular complexity index is 1180. The van der Waals surface area contributed by atoms with Crippen LogP contribution < -0.4 is 0 Å². The Kier molecular flexibility index (Phi) is 7.76. The fraction of sp³-hybridized carbons (Fsp3) is 0.714. The first kappa shape index (κ1) is 26.8. The molecule has 5 rings (SSSR count). The summed E-state index contributed by atoms with van der Waals surface area (Å²) < 4.78 is 42.3. The molecule has 1 aromatic heterocycles. The number of sulfonamides is 1. The van der Waals surface area contributed by atoms with Crippen LogP contribution in [0.2, 0.25) is 0 Å². The van der Waals surface area contributed by atoms with Crippen LogP contribution in [0, 0.1) is 18.7 Å². The van der Waals surface area contributed by atoms with Gasteiger partial charge in [-0.05, 0) is 87.9 Å². The maximum atomic E-state index is 14.2. The molecule has 2 aromatic rings. The van der Waals surface area contributed by atoms with E-state index in [2.05, 4.69) is 46.5 Å². The fourth-order valence-corrected chi connectivity index (χ4v) is 8.24. The van der Waals surface area contributed by atoms with Crippen LogP contribution in [0.15, 0.2) is 24.3 Å². The maximum absolute atomic E-state index is 14.2. The highest BCUT2D eigenvalue weighted by atomic mass is 32.2. The SMILES string of the molecule is Cc1nnc(C(C)C)n1C1CC2CCC(C1)N2CC[C@@H](c1cccc(F)c1)C1CCN(S(C)(=O)=O)CC1. The van der Waals surface area contributed by atoms with E-state index in [1.165, 1.54) is 25.2 Å². The Hall–Kier alpha value is -1.84. The van der Waals surface area contributed by atoms with Gasteiger partial charge in [-0.2, -0.15) is 0 Å². The number of benzene rings is 1. The van der Waals surface area contributed by atoms with Crippen molar-refractivity contribution in [2.24, 2.45) is 5.92 Å². The number of piperidine rings is 2. The second-order valence-electron chi connectivity index (χ2n) is 11.8. The van der Waals surface area contributed by atoms with Gasteiger partial charge in [0.15, 0.2) is 0 Å². The van der Waals surface area contributed by atoms with E-state index in [4.69, 9.17) is 0 Å². The average molecular weight is 532 g/mol. The first-order chi connectivity index (χ1) is 17.6. The van der Waals surface area contributed by atoms with Crippen LogP contribution >= 0.6 is 0 Å². The van der Waals surface area contributed by atoms with Crippen molar-refractivity contribution in [3.8, 4) is 0 Å². The van der Waals surface area contributed by atoms with Crippen molar-refractivity contribution < 1.29 is 12.8 Å². The molecule has 0 saturated carbocycles. The summed E-state index contributed by atoms with van der Waals surface area (Å²) in [6, 6.07) is 8.65. The highest BCUT2D eigenvalue weighted by Crippen LogP contribution is 2.43. The zero-order chi connectivity index (χ0) is 26.3. The standard InChI is InChI=1S/C28H42FN5O2S/c1-19(2)28-31-30-20(3)34(28)26-17-24-8-9-25(18-26)33(24)15-12-27(22-6-5-7-23(29)16-22)21-10-13-32(14-11-21)37(4,35)36/h5-7,16,19,21,24-27H,8-15,17-18H2,1-4H3/t24?,25?,26?,27-/m1/s1. The van der Waals surface area contributed by atoms with E-state index < -0.39 is 10.0 Å². The van der Waals surface area contributed by atoms with Gasteiger partial charge in [-0.3, -0.25) is 4.90 Å². The van der Waals surface area contributed by atoms with E-state index in [1.54, 1.807) is 10.4 Å². The van der Waals surface area contributed by atoms with Gasteiger partial charge in [0.05, 0.1) is 6.26 Å². The molecule has 0 amide bonds. The lowest BCUT2D eigenvalue weighted by molar-refractivity contribution is 0.0962. The molecule has 7 nitrogen and oxygen atoms in total. The Balaban J connectivity index is 1.29. The van der Waals surface area contributed by atoms with Crippen LogP contribution in [0.25, 0.3) is 0 Å². The highest BCUT2D eigenvalue weighted by Gasteiger charge is 2.42. The molecule has 1 aromatic carbocycles. The molecule has 3 saturated heterocycles. The molecule has 37 heavy (non-hydrogen) atoms. The van der Waals surface area contributed by atoms with Crippen LogP contribution in [-0.4, -0.2) is 70.4 Å². The topological polar surface area (TPSA) is 71.3 Å². The quantitative estimate of drug-likeness (QED) is 0.486. The number of fused-ring (bicyclic) bond motifs is 2. The number of hydrogen-bond acceptors (Lipinski definition) is 5. The van der Waals surface area contributed by atoms with Crippen LogP contribution in [0.1, 0.15) is 93.9 Å². The molecule has 0 radical (unpaired) electrons. The molecule has 4 heterocycles. The van der Waals surface area contributed by atoms with Crippen molar-refractivity contribution in [1.29, 1.82) is 0 Å². The summed E-state index contributed by atoms with van der Waals surface area (Å²) in [4.78, 5) is 2.73. The predicted molar refractivity (Wildman–Crippen MR) is 144 cm³/mol. The Morgan fingerprint density at radius 3 is 2.30 bits per heavy atom. The van der Waals surface area contributed by atoms with Crippen LogP contribution in [0.5, 0.6) is 0 Å². The highest BCUT2D eigenvalue weighted by molar-refractivity contribution is 7.88. The monoisotopic (exact) mass is 531 g/mol. The maximum Gasteiger partial charge on any atom is 0.211 e. The van der Waals surface area contributed by atoms with Crippen LogP contribution in [-0.2, 0) is 10.0 Å². The zero-order valence-electron chi connectivity index (χ0n) is 22.7. The Labute approximate surface area is 221 Å². The summed E-state index contributed by atoms with van der Waals surface area (Å²) >= 11 is 0. The summed E-state index contributed by atoms with van der Waals surface area (Å²) in [5, 5.41) is 8.88. The summed E-state index contributed by atoms with van der Waals surface area (Å²) in [6.07, 6.45) is 8.66. The molecular weight excluding hydrogens is 489 g/mol. The molecule has 9 heteroatoms. The zero-order valence-corrected chi connectivity index (χ0v) is 23.5. The Morgan fingerprint density at radius 1 is 1.03 bits per heavy atom. The fourth-order valence-electron chi connectivity index (χ4n) is 7.36. The normalized spacial score (nSPS) is 26.7. The van der Waals surface area contributed by atoms with Gasteiger partial charge in [-0.1, -0.05) is 26.0 Å². The van der Waals surface area contributed by atoms with Crippen LogP contribution in [0.4, 0.5) is 4.39 Å².